The Bertz CT molecular complexity index is 755. The number of nitrogens with zero attached hydrogens (tertiary/aromatic N) is 1. The van der Waals surface area contributed by atoms with Crippen LogP contribution in [0.5, 0.6) is 5.75 Å². The van der Waals surface area contributed by atoms with Crippen molar-refractivity contribution >= 4 is 18.0 Å². The van der Waals surface area contributed by atoms with Crippen molar-refractivity contribution in [2.24, 2.45) is 0 Å². The minimum Gasteiger partial charge on any atom is -0.497 e. The van der Waals surface area contributed by atoms with Gasteiger partial charge in [0, 0.05) is 11.7 Å². The van der Waals surface area contributed by atoms with E-state index in [1.807, 2.05) is 31.2 Å². The number of hydrogen-bond donors (Lipinski definition) is 0. The molecule has 2 aliphatic rings. The van der Waals surface area contributed by atoms with Gasteiger partial charge in [-0.25, -0.2) is 4.79 Å². The van der Waals surface area contributed by atoms with Crippen molar-refractivity contribution < 1.29 is 19.1 Å². The lowest BCUT2D eigenvalue weighted by Crippen LogP contribution is -2.37. The van der Waals surface area contributed by atoms with Gasteiger partial charge in [-0.1, -0.05) is 31.4 Å². The van der Waals surface area contributed by atoms with Crippen LogP contribution in [0.1, 0.15) is 44.6 Å². The molecule has 0 N–H and O–H groups in total. The van der Waals surface area contributed by atoms with Gasteiger partial charge in [-0.05, 0) is 43.5 Å². The van der Waals surface area contributed by atoms with Crippen molar-refractivity contribution in [1.29, 1.82) is 0 Å². The maximum atomic E-state index is 13.2. The average molecular weight is 355 g/mol. The van der Waals surface area contributed by atoms with Gasteiger partial charge in [-0.2, -0.15) is 0 Å². The van der Waals surface area contributed by atoms with E-state index in [1.165, 1.54) is 13.5 Å². The van der Waals surface area contributed by atoms with E-state index in [-0.39, 0.29) is 11.9 Å². The van der Waals surface area contributed by atoms with Crippen LogP contribution in [-0.4, -0.2) is 37.0 Å². The zero-order valence-electron chi connectivity index (χ0n) is 15.6. The van der Waals surface area contributed by atoms with Crippen LogP contribution < -0.4 is 4.74 Å². The summed E-state index contributed by atoms with van der Waals surface area (Å²) in [5.41, 5.74) is 2.33. The number of esters is 1. The summed E-state index contributed by atoms with van der Waals surface area (Å²) in [7, 11) is 2.96. The SMILES string of the molecule is COC(=O)C1=C(C)N(C2CCCCC2)C(=O)C1=Cc1ccc(OC)cc1. The monoisotopic (exact) mass is 355 g/mol. The van der Waals surface area contributed by atoms with Gasteiger partial charge >= 0.3 is 5.97 Å². The molecule has 1 saturated carbocycles. The van der Waals surface area contributed by atoms with Crippen molar-refractivity contribution in [3.63, 3.8) is 0 Å². The quantitative estimate of drug-likeness (QED) is 0.610. The predicted molar refractivity (Wildman–Crippen MR) is 99.4 cm³/mol. The first-order valence-corrected chi connectivity index (χ1v) is 9.05. The summed E-state index contributed by atoms with van der Waals surface area (Å²) in [5, 5.41) is 0. The summed E-state index contributed by atoms with van der Waals surface area (Å²) >= 11 is 0. The molecule has 1 fully saturated rings. The number of allylic oxidation sites excluding steroid dienone is 1. The Morgan fingerprint density at radius 2 is 1.77 bits per heavy atom. The zero-order valence-corrected chi connectivity index (χ0v) is 15.6. The summed E-state index contributed by atoms with van der Waals surface area (Å²) in [6.45, 7) is 1.84. The standard InChI is InChI=1S/C21H25NO4/c1-14-19(21(24)26-3)18(13-15-9-11-17(25-2)12-10-15)20(23)22(14)16-7-5-4-6-8-16/h9-13,16H,4-8H2,1-3H3. The first kappa shape index (κ1) is 18.2. The summed E-state index contributed by atoms with van der Waals surface area (Å²) in [6, 6.07) is 7.56. The van der Waals surface area contributed by atoms with E-state index in [0.29, 0.717) is 16.8 Å². The number of rotatable bonds is 4. The van der Waals surface area contributed by atoms with E-state index in [9.17, 15) is 9.59 Å². The van der Waals surface area contributed by atoms with Crippen molar-refractivity contribution in [3.8, 4) is 5.75 Å². The second kappa shape index (κ2) is 7.77. The van der Waals surface area contributed by atoms with Crippen molar-refractivity contribution in [3.05, 3.63) is 46.7 Å². The average Bonchev–Trinajstić information content (AvgIpc) is 2.92. The van der Waals surface area contributed by atoms with Crippen LogP contribution in [-0.2, 0) is 14.3 Å². The van der Waals surface area contributed by atoms with Crippen LogP contribution in [0.3, 0.4) is 0 Å². The molecule has 0 saturated heterocycles. The van der Waals surface area contributed by atoms with Gasteiger partial charge in [0.25, 0.3) is 5.91 Å². The molecule has 1 aromatic rings. The molecule has 1 aromatic carbocycles. The third-order valence-corrected chi connectivity index (χ3v) is 5.20. The normalized spacial score (nSPS) is 20.0. The van der Waals surface area contributed by atoms with E-state index in [0.717, 1.165) is 37.0 Å². The minimum atomic E-state index is -0.464. The molecular formula is C21H25NO4. The van der Waals surface area contributed by atoms with Gasteiger partial charge < -0.3 is 14.4 Å². The van der Waals surface area contributed by atoms with Crippen LogP contribution in [0.2, 0.25) is 0 Å². The molecule has 0 atom stereocenters. The molecule has 5 nitrogen and oxygen atoms in total. The third-order valence-electron chi connectivity index (χ3n) is 5.20. The highest BCUT2D eigenvalue weighted by Crippen LogP contribution is 2.36. The highest BCUT2D eigenvalue weighted by molar-refractivity contribution is 6.16. The largest absolute Gasteiger partial charge is 0.497 e. The first-order valence-electron chi connectivity index (χ1n) is 9.05. The number of benzene rings is 1. The van der Waals surface area contributed by atoms with Crippen LogP contribution >= 0.6 is 0 Å². The molecule has 1 amide bonds. The summed E-state index contributed by atoms with van der Waals surface area (Å²) in [5.74, 6) is 0.174. The molecule has 1 aliphatic heterocycles. The fraction of sp³-hybridized carbons (Fsp3) is 0.429. The third kappa shape index (κ3) is 3.39. The predicted octanol–water partition coefficient (Wildman–Crippen LogP) is 3.70. The highest BCUT2D eigenvalue weighted by Gasteiger charge is 2.40. The van der Waals surface area contributed by atoms with E-state index in [4.69, 9.17) is 9.47 Å². The summed E-state index contributed by atoms with van der Waals surface area (Å²) in [4.78, 5) is 27.3. The Kier molecular flexibility index (Phi) is 5.45. The lowest BCUT2D eigenvalue weighted by molar-refractivity contribution is -0.136. The Morgan fingerprint density at radius 1 is 1.12 bits per heavy atom. The lowest BCUT2D eigenvalue weighted by atomic mass is 9.94. The Hall–Kier alpha value is -2.56. The van der Waals surface area contributed by atoms with Crippen LogP contribution in [0.25, 0.3) is 6.08 Å². The highest BCUT2D eigenvalue weighted by atomic mass is 16.5. The van der Waals surface area contributed by atoms with E-state index < -0.39 is 5.97 Å². The van der Waals surface area contributed by atoms with E-state index in [2.05, 4.69) is 0 Å². The topological polar surface area (TPSA) is 55.8 Å². The molecule has 0 radical (unpaired) electrons. The Labute approximate surface area is 154 Å². The molecule has 3 rings (SSSR count). The maximum absolute atomic E-state index is 13.2. The van der Waals surface area contributed by atoms with Gasteiger partial charge in [0.1, 0.15) is 5.75 Å². The fourth-order valence-corrected chi connectivity index (χ4v) is 3.84. The summed E-state index contributed by atoms with van der Waals surface area (Å²) < 4.78 is 10.1. The van der Waals surface area contributed by atoms with Gasteiger partial charge in [0.15, 0.2) is 0 Å². The smallest absolute Gasteiger partial charge is 0.340 e. The number of hydrogen-bond acceptors (Lipinski definition) is 4. The molecule has 0 aromatic heterocycles. The fourth-order valence-electron chi connectivity index (χ4n) is 3.84. The molecule has 138 valence electrons. The second-order valence-corrected chi connectivity index (χ2v) is 6.75. The number of carbonyl (C=O) groups is 2. The van der Waals surface area contributed by atoms with Crippen molar-refractivity contribution in [2.75, 3.05) is 14.2 Å². The molecule has 1 heterocycles. The molecule has 0 unspecified atom stereocenters. The van der Waals surface area contributed by atoms with Gasteiger partial charge in [0.2, 0.25) is 0 Å². The van der Waals surface area contributed by atoms with Crippen molar-refractivity contribution in [1.82, 2.24) is 4.90 Å². The molecule has 5 heteroatoms. The molecule has 0 bridgehead atoms. The molecule has 0 spiro atoms. The maximum Gasteiger partial charge on any atom is 0.340 e. The number of methoxy groups -OCH3 is 2. The first-order chi connectivity index (χ1) is 12.6. The van der Waals surface area contributed by atoms with E-state index in [1.54, 1.807) is 18.1 Å². The van der Waals surface area contributed by atoms with Crippen LogP contribution in [0, 0.1) is 0 Å². The van der Waals surface area contributed by atoms with Gasteiger partial charge in [-0.15, -0.1) is 0 Å². The Morgan fingerprint density at radius 3 is 2.35 bits per heavy atom. The molecular weight excluding hydrogens is 330 g/mol. The van der Waals surface area contributed by atoms with Gasteiger partial charge in [-0.3, -0.25) is 4.79 Å². The van der Waals surface area contributed by atoms with Crippen LogP contribution in [0.4, 0.5) is 0 Å². The number of amides is 1. The molecule has 26 heavy (non-hydrogen) atoms. The van der Waals surface area contributed by atoms with Crippen molar-refractivity contribution in [2.45, 2.75) is 45.1 Å². The minimum absolute atomic E-state index is 0.106. The zero-order chi connectivity index (χ0) is 18.7. The number of ether oxygens (including phenoxy) is 2. The second-order valence-electron chi connectivity index (χ2n) is 6.75. The lowest BCUT2D eigenvalue weighted by Gasteiger charge is -2.32. The van der Waals surface area contributed by atoms with Gasteiger partial charge in [0.05, 0.1) is 25.4 Å². The summed E-state index contributed by atoms with van der Waals surface area (Å²) in [6.07, 6.45) is 7.17. The molecule has 1 aliphatic carbocycles. The Balaban J connectivity index is 2.00. The van der Waals surface area contributed by atoms with Crippen LogP contribution in [0.15, 0.2) is 41.1 Å². The van der Waals surface area contributed by atoms with E-state index >= 15 is 0 Å². The number of carbonyl (C=O) groups excluding carboxylic acids is 2.